The Balaban J connectivity index is 1.77. The Labute approximate surface area is 221 Å². The molecule has 2 aromatic heterocycles. The summed E-state index contributed by atoms with van der Waals surface area (Å²) in [7, 11) is 0.197. The number of carboxylic acids is 1. The van der Waals surface area contributed by atoms with Crippen LogP contribution in [-0.2, 0) is 21.5 Å². The molecule has 1 aliphatic carbocycles. The number of hydrogen-bond donors (Lipinski definition) is 2. The lowest BCUT2D eigenvalue weighted by molar-refractivity contribution is -0.132. The van der Waals surface area contributed by atoms with Crippen LogP contribution in [0.25, 0.3) is 28.4 Å². The second-order valence-electron chi connectivity index (χ2n) is 9.90. The SMILES string of the molecule is COc1ccc2c(c1)C=C(C(=O)O)Cn1c-2c(C2CCCCC2)c2ccc(C(=O)NS(=O)(=O)N(C)C)nc21. The zero-order chi connectivity index (χ0) is 27.2. The number of benzene rings is 1. The minimum atomic E-state index is -4.01. The van der Waals surface area contributed by atoms with Gasteiger partial charge in [-0.15, -0.1) is 0 Å². The van der Waals surface area contributed by atoms with E-state index >= 15 is 0 Å². The van der Waals surface area contributed by atoms with Gasteiger partial charge in [0.1, 0.15) is 17.1 Å². The van der Waals surface area contributed by atoms with Gasteiger partial charge in [-0.3, -0.25) is 4.79 Å². The number of ether oxygens (including phenoxy) is 1. The van der Waals surface area contributed by atoms with Crippen molar-refractivity contribution in [2.75, 3.05) is 21.2 Å². The molecule has 2 aliphatic rings. The number of fused-ring (bicyclic) bond motifs is 5. The van der Waals surface area contributed by atoms with E-state index in [1.165, 1.54) is 26.6 Å². The molecule has 11 heteroatoms. The highest BCUT2D eigenvalue weighted by atomic mass is 32.2. The summed E-state index contributed by atoms with van der Waals surface area (Å²) < 4.78 is 34.7. The topological polar surface area (TPSA) is 131 Å². The number of carbonyl (C=O) groups excluding carboxylic acids is 1. The summed E-state index contributed by atoms with van der Waals surface area (Å²) in [6.07, 6.45) is 7.03. The minimum absolute atomic E-state index is 0.0406. The summed E-state index contributed by atoms with van der Waals surface area (Å²) in [5.74, 6) is -1.05. The normalized spacial score (nSPS) is 15.9. The number of methoxy groups -OCH3 is 1. The molecule has 10 nitrogen and oxygen atoms in total. The zero-order valence-electron chi connectivity index (χ0n) is 21.5. The number of carboxylic acid groups (broad SMARTS) is 1. The van der Waals surface area contributed by atoms with Crippen LogP contribution in [0, 0.1) is 0 Å². The maximum absolute atomic E-state index is 12.9. The minimum Gasteiger partial charge on any atom is -0.497 e. The van der Waals surface area contributed by atoms with Gasteiger partial charge in [-0.25, -0.2) is 14.5 Å². The van der Waals surface area contributed by atoms with Gasteiger partial charge in [0.05, 0.1) is 24.9 Å². The zero-order valence-corrected chi connectivity index (χ0v) is 22.3. The molecule has 0 spiro atoms. The monoisotopic (exact) mass is 538 g/mol. The van der Waals surface area contributed by atoms with Crippen LogP contribution in [0.2, 0.25) is 0 Å². The van der Waals surface area contributed by atoms with Crippen molar-refractivity contribution in [1.29, 1.82) is 0 Å². The van der Waals surface area contributed by atoms with Crippen LogP contribution in [-0.4, -0.2) is 60.5 Å². The number of hydrogen-bond acceptors (Lipinski definition) is 6. The van der Waals surface area contributed by atoms with Gasteiger partial charge in [0.2, 0.25) is 0 Å². The first-order chi connectivity index (χ1) is 18.1. The first-order valence-corrected chi connectivity index (χ1v) is 13.9. The van der Waals surface area contributed by atoms with E-state index in [9.17, 15) is 23.1 Å². The Kier molecular flexibility index (Phi) is 6.74. The molecule has 38 heavy (non-hydrogen) atoms. The summed E-state index contributed by atoms with van der Waals surface area (Å²) in [6, 6.07) is 8.94. The highest BCUT2D eigenvalue weighted by Gasteiger charge is 2.31. The fraction of sp³-hybridized carbons (Fsp3) is 0.370. The van der Waals surface area contributed by atoms with Crippen molar-refractivity contribution in [3.63, 3.8) is 0 Å². The Morgan fingerprint density at radius 2 is 1.87 bits per heavy atom. The van der Waals surface area contributed by atoms with Crippen molar-refractivity contribution in [2.24, 2.45) is 0 Å². The average Bonchev–Trinajstić information content (AvgIpc) is 3.10. The van der Waals surface area contributed by atoms with Crippen LogP contribution in [0.4, 0.5) is 0 Å². The lowest BCUT2D eigenvalue weighted by atomic mass is 9.81. The predicted octanol–water partition coefficient (Wildman–Crippen LogP) is 3.78. The fourth-order valence-electron chi connectivity index (χ4n) is 5.42. The summed E-state index contributed by atoms with van der Waals surface area (Å²) in [4.78, 5) is 29.8. The summed E-state index contributed by atoms with van der Waals surface area (Å²) >= 11 is 0. The molecular formula is C27H30N4O6S. The molecule has 0 unspecified atom stereocenters. The van der Waals surface area contributed by atoms with Gasteiger partial charge in [0.25, 0.3) is 5.91 Å². The van der Waals surface area contributed by atoms with E-state index in [1.807, 2.05) is 27.5 Å². The number of amides is 1. The molecular weight excluding hydrogens is 508 g/mol. The molecule has 2 N–H and O–H groups in total. The van der Waals surface area contributed by atoms with Crippen molar-refractivity contribution < 1.29 is 27.9 Å². The number of aliphatic carboxylic acids is 1. The third-order valence-corrected chi connectivity index (χ3v) is 8.75. The van der Waals surface area contributed by atoms with Crippen LogP contribution in [0.1, 0.15) is 59.6 Å². The molecule has 0 saturated heterocycles. The van der Waals surface area contributed by atoms with Crippen molar-refractivity contribution in [1.82, 2.24) is 18.6 Å². The van der Waals surface area contributed by atoms with Gasteiger partial charge in [0, 0.05) is 25.0 Å². The first kappa shape index (κ1) is 25.9. The number of aromatic nitrogens is 2. The Bertz CT molecular complexity index is 1580. The molecule has 1 saturated carbocycles. The second kappa shape index (κ2) is 9.88. The first-order valence-electron chi connectivity index (χ1n) is 12.5. The summed E-state index contributed by atoms with van der Waals surface area (Å²) in [6.45, 7) is 0.0406. The van der Waals surface area contributed by atoms with Crippen molar-refractivity contribution >= 4 is 39.2 Å². The lowest BCUT2D eigenvalue weighted by Gasteiger charge is -2.23. The van der Waals surface area contributed by atoms with E-state index in [1.54, 1.807) is 19.3 Å². The van der Waals surface area contributed by atoms with Gasteiger partial charge >= 0.3 is 16.2 Å². The van der Waals surface area contributed by atoms with Crippen LogP contribution in [0.3, 0.4) is 0 Å². The summed E-state index contributed by atoms with van der Waals surface area (Å²) in [5.41, 5.74) is 4.11. The number of nitrogens with zero attached hydrogens (tertiary/aromatic N) is 3. The molecule has 1 amide bonds. The number of nitrogens with one attached hydrogen (secondary N) is 1. The van der Waals surface area contributed by atoms with Crippen LogP contribution in [0.5, 0.6) is 5.75 Å². The second-order valence-corrected chi connectivity index (χ2v) is 11.8. The quantitative estimate of drug-likeness (QED) is 0.488. The molecule has 3 heterocycles. The largest absolute Gasteiger partial charge is 0.497 e. The van der Waals surface area contributed by atoms with E-state index in [4.69, 9.17) is 4.74 Å². The molecule has 1 fully saturated rings. The Morgan fingerprint density at radius 3 is 2.53 bits per heavy atom. The highest BCUT2D eigenvalue weighted by Crippen LogP contribution is 2.46. The van der Waals surface area contributed by atoms with Gasteiger partial charge < -0.3 is 14.4 Å². The molecule has 0 atom stereocenters. The molecule has 3 aromatic rings. The molecule has 200 valence electrons. The van der Waals surface area contributed by atoms with E-state index in [0.717, 1.165) is 57.8 Å². The lowest BCUT2D eigenvalue weighted by Crippen LogP contribution is -2.39. The standard InChI is InChI=1S/C27H30N4O6S/c1-30(2)38(35,36)29-26(32)22-12-11-21-23(16-7-5-4-6-8-16)24-20-10-9-19(37-3)14-17(20)13-18(27(33)34)15-31(24)25(21)28-22/h9-14,16H,4-8,15H2,1-3H3,(H,29,32)(H,33,34). The van der Waals surface area contributed by atoms with E-state index in [2.05, 4.69) is 4.98 Å². The predicted molar refractivity (Wildman–Crippen MR) is 143 cm³/mol. The van der Waals surface area contributed by atoms with Crippen molar-refractivity contribution in [2.45, 2.75) is 44.6 Å². The smallest absolute Gasteiger partial charge is 0.333 e. The van der Waals surface area contributed by atoms with Crippen molar-refractivity contribution in [3.8, 4) is 17.0 Å². The maximum atomic E-state index is 12.9. The Hall–Kier alpha value is -3.70. The van der Waals surface area contributed by atoms with Crippen LogP contribution in [0.15, 0.2) is 35.9 Å². The molecule has 0 bridgehead atoms. The van der Waals surface area contributed by atoms with E-state index in [0.29, 0.717) is 11.4 Å². The van der Waals surface area contributed by atoms with Crippen LogP contribution >= 0.6 is 0 Å². The molecule has 0 radical (unpaired) electrons. The maximum Gasteiger partial charge on any atom is 0.333 e. The molecule has 5 rings (SSSR count). The van der Waals surface area contributed by atoms with E-state index in [-0.39, 0.29) is 23.7 Å². The van der Waals surface area contributed by atoms with E-state index < -0.39 is 22.1 Å². The number of rotatable bonds is 6. The van der Waals surface area contributed by atoms with Crippen molar-refractivity contribution in [3.05, 3.63) is 52.7 Å². The van der Waals surface area contributed by atoms with Gasteiger partial charge in [-0.1, -0.05) is 19.3 Å². The van der Waals surface area contributed by atoms with Crippen LogP contribution < -0.4 is 9.46 Å². The number of pyridine rings is 1. The third kappa shape index (κ3) is 4.56. The fourth-order valence-corrected chi connectivity index (χ4v) is 5.94. The van der Waals surface area contributed by atoms with Gasteiger partial charge in [-0.2, -0.15) is 12.7 Å². The van der Waals surface area contributed by atoms with Gasteiger partial charge in [0.15, 0.2) is 0 Å². The molecule has 1 aliphatic heterocycles. The average molecular weight is 539 g/mol. The Morgan fingerprint density at radius 1 is 1.13 bits per heavy atom. The highest BCUT2D eigenvalue weighted by molar-refractivity contribution is 7.87. The van der Waals surface area contributed by atoms with Gasteiger partial charge in [-0.05, 0) is 66.3 Å². The molecule has 1 aromatic carbocycles. The summed E-state index contributed by atoms with van der Waals surface area (Å²) in [5, 5.41) is 10.9. The number of carbonyl (C=O) groups is 2. The third-order valence-electron chi connectivity index (χ3n) is 7.34.